The van der Waals surface area contributed by atoms with E-state index in [9.17, 15) is 24.0 Å². The van der Waals surface area contributed by atoms with Gasteiger partial charge >= 0.3 is 0 Å². The number of azo groups is 1. The summed E-state index contributed by atoms with van der Waals surface area (Å²) in [4.78, 5) is 71.3. The quantitative estimate of drug-likeness (QED) is 0.0317. The first-order valence-corrected chi connectivity index (χ1v) is 23.1. The van der Waals surface area contributed by atoms with Crippen LogP contribution in [0.15, 0.2) is 107 Å². The molecule has 3 aromatic carbocycles. The van der Waals surface area contributed by atoms with Gasteiger partial charge in [0.05, 0.1) is 18.8 Å². The Labute approximate surface area is 396 Å². The summed E-state index contributed by atoms with van der Waals surface area (Å²) in [6, 6.07) is 21.6. The van der Waals surface area contributed by atoms with Crippen molar-refractivity contribution in [1.29, 1.82) is 0 Å². The second-order valence-electron chi connectivity index (χ2n) is 16.3. The van der Waals surface area contributed by atoms with Gasteiger partial charge in [0.2, 0.25) is 17.7 Å². The van der Waals surface area contributed by atoms with Crippen molar-refractivity contribution in [3.8, 4) is 17.3 Å². The molecule has 0 saturated carbocycles. The summed E-state index contributed by atoms with van der Waals surface area (Å²) in [6.45, 7) is 5.92. The van der Waals surface area contributed by atoms with Gasteiger partial charge in [-0.1, -0.05) is 56.5 Å². The number of rotatable bonds is 21. The topological polar surface area (TPSA) is 227 Å². The molecule has 1 fully saturated rings. The van der Waals surface area contributed by atoms with Crippen molar-refractivity contribution in [2.24, 2.45) is 17.3 Å². The number of unbranched alkanes of at least 4 members (excludes halogenated alkanes) is 4. The van der Waals surface area contributed by atoms with Gasteiger partial charge < -0.3 is 30.2 Å². The second kappa shape index (κ2) is 25.3. The number of nitrogens with zero attached hydrogens (tertiary/aromatic N) is 8. The van der Waals surface area contributed by atoms with Gasteiger partial charge in [-0.05, 0) is 93.1 Å². The lowest BCUT2D eigenvalue weighted by atomic mass is 10.0. The highest BCUT2D eigenvalue weighted by Gasteiger charge is 2.40. The predicted molar refractivity (Wildman–Crippen MR) is 257 cm³/mol. The Morgan fingerprint density at radius 3 is 2.54 bits per heavy atom. The minimum atomic E-state index is -0.678. The first kappa shape index (κ1) is 49.8. The largest absolute Gasteiger partial charge is 0.494 e. The number of benzene rings is 3. The average molecular weight is 925 g/mol. The molecule has 5 amide bonds. The van der Waals surface area contributed by atoms with E-state index in [1.165, 1.54) is 30.5 Å². The molecule has 0 bridgehead atoms. The van der Waals surface area contributed by atoms with Crippen molar-refractivity contribution in [2.45, 2.75) is 104 Å². The van der Waals surface area contributed by atoms with Gasteiger partial charge in [-0.25, -0.2) is 9.97 Å². The first-order chi connectivity index (χ1) is 33.1. The third kappa shape index (κ3) is 13.9. The summed E-state index contributed by atoms with van der Waals surface area (Å²) in [7, 11) is 3.52. The Morgan fingerprint density at radius 2 is 1.76 bits per heavy atom. The smallest absolute Gasteiger partial charge is 0.255 e. The fourth-order valence-corrected chi connectivity index (χ4v) is 7.75. The molecule has 0 radical (unpaired) electrons. The zero-order chi connectivity index (χ0) is 48.3. The number of hydrogen-bond acceptors (Lipinski definition) is 13. The van der Waals surface area contributed by atoms with E-state index in [0.717, 1.165) is 47.8 Å². The van der Waals surface area contributed by atoms with Crippen LogP contribution < -0.4 is 26.0 Å². The van der Waals surface area contributed by atoms with Crippen molar-refractivity contribution in [3.63, 3.8) is 0 Å². The molecule has 18 heteroatoms. The van der Waals surface area contributed by atoms with Gasteiger partial charge in [-0.3, -0.25) is 29.3 Å². The number of carbonyl (C=O) groups is 5. The fourth-order valence-electron chi connectivity index (χ4n) is 7.75. The van der Waals surface area contributed by atoms with E-state index in [0.29, 0.717) is 72.9 Å². The van der Waals surface area contributed by atoms with E-state index in [1.54, 1.807) is 43.6 Å². The highest BCUT2D eigenvalue weighted by Crippen LogP contribution is 2.32. The van der Waals surface area contributed by atoms with Crippen LogP contribution in [-0.2, 0) is 41.1 Å². The molecule has 2 aliphatic heterocycles. The third-order valence-electron chi connectivity index (χ3n) is 11.5. The molecule has 4 N–H and O–H groups in total. The number of allylic oxidation sites excluding steroid dienone is 2. The van der Waals surface area contributed by atoms with Crippen molar-refractivity contribution in [3.05, 3.63) is 125 Å². The molecule has 2 aliphatic rings. The summed E-state index contributed by atoms with van der Waals surface area (Å²) in [5.74, 6) is 0.947. The van der Waals surface area contributed by atoms with Gasteiger partial charge in [0.1, 0.15) is 23.8 Å². The van der Waals surface area contributed by atoms with Gasteiger partial charge in [-0.15, -0.1) is 10.2 Å². The number of anilines is 2. The summed E-state index contributed by atoms with van der Waals surface area (Å²) < 4.78 is 7.74. The molecule has 1 atom stereocenters. The molecule has 7 rings (SSSR count). The molecule has 1 saturated heterocycles. The van der Waals surface area contributed by atoms with Crippen molar-refractivity contribution in [2.75, 3.05) is 24.3 Å². The highest BCUT2D eigenvalue weighted by molar-refractivity contribution is 6.06. The number of aromatic nitrogens is 5. The van der Waals surface area contributed by atoms with Crippen molar-refractivity contribution < 1.29 is 28.7 Å². The fraction of sp³-hybridized carbons (Fsp3) is 0.380. The van der Waals surface area contributed by atoms with Crippen molar-refractivity contribution in [1.82, 2.24) is 40.3 Å². The van der Waals surface area contributed by atoms with Crippen LogP contribution in [0, 0.1) is 0 Å². The van der Waals surface area contributed by atoms with Crippen LogP contribution in [0.4, 0.5) is 11.4 Å². The molecule has 0 aliphatic carbocycles. The lowest BCUT2D eigenvalue weighted by Crippen LogP contribution is -2.52. The first-order valence-electron chi connectivity index (χ1n) is 23.1. The zero-order valence-electron chi connectivity index (χ0n) is 39.2. The number of carbonyl (C=O) groups excluding carboxylic acids is 5. The van der Waals surface area contributed by atoms with Gasteiger partial charge in [0.25, 0.3) is 11.8 Å². The summed E-state index contributed by atoms with van der Waals surface area (Å²) in [5.41, 5.74) is 5.76. The summed E-state index contributed by atoms with van der Waals surface area (Å²) in [6.07, 6.45) is 12.9. The number of ether oxygens (including phenoxy) is 1. The van der Waals surface area contributed by atoms with E-state index in [2.05, 4.69) is 58.6 Å². The SMILES string of the molecule is C/C=C(/CCCCC(=O)Nc1cccc2c1CN(C1CCC(=O)NC1=O)C2=O)N=NC.CCCCCCOc1cccc(CNC(=O)c2cccc(NCc3nnc(-c4ccncn4)n3C)c2)c1. The number of fused-ring (bicyclic) bond motifs is 1. The van der Waals surface area contributed by atoms with E-state index in [-0.39, 0.29) is 36.6 Å². The van der Waals surface area contributed by atoms with Crippen LogP contribution in [-0.4, -0.2) is 78.9 Å². The maximum absolute atomic E-state index is 12.8. The molecule has 0 spiro atoms. The van der Waals surface area contributed by atoms with Crippen LogP contribution in [0.5, 0.6) is 5.75 Å². The van der Waals surface area contributed by atoms with Crippen LogP contribution in [0.3, 0.4) is 0 Å². The Bertz CT molecular complexity index is 2590. The minimum Gasteiger partial charge on any atom is -0.494 e. The molecule has 4 heterocycles. The second-order valence-corrected chi connectivity index (χ2v) is 16.3. The van der Waals surface area contributed by atoms with Crippen LogP contribution in [0.1, 0.15) is 116 Å². The molecule has 5 aromatic rings. The average Bonchev–Trinajstić information content (AvgIpc) is 3.90. The maximum atomic E-state index is 12.8. The zero-order valence-corrected chi connectivity index (χ0v) is 39.2. The van der Waals surface area contributed by atoms with Crippen LogP contribution in [0.2, 0.25) is 0 Å². The molecule has 2 aromatic heterocycles. The summed E-state index contributed by atoms with van der Waals surface area (Å²) in [5, 5.41) is 27.8. The Balaban J connectivity index is 0.000000228. The monoisotopic (exact) mass is 924 g/mol. The molecule has 1 unspecified atom stereocenters. The molecule has 356 valence electrons. The maximum Gasteiger partial charge on any atom is 0.255 e. The lowest BCUT2D eigenvalue weighted by molar-refractivity contribution is -0.137. The Morgan fingerprint density at radius 1 is 0.941 bits per heavy atom. The minimum absolute atomic E-state index is 0.126. The molecule has 68 heavy (non-hydrogen) atoms. The number of imide groups is 1. The Hall–Kier alpha value is -7.63. The van der Waals surface area contributed by atoms with Gasteiger partial charge in [0, 0.05) is 74.3 Å². The van der Waals surface area contributed by atoms with E-state index >= 15 is 0 Å². The normalized spacial score (nSPS) is 14.5. The number of hydrogen-bond donors (Lipinski definition) is 4. The van der Waals surface area contributed by atoms with Crippen LogP contribution in [0.25, 0.3) is 11.5 Å². The van der Waals surface area contributed by atoms with E-state index in [4.69, 9.17) is 4.74 Å². The van der Waals surface area contributed by atoms with E-state index in [1.807, 2.05) is 67.1 Å². The highest BCUT2D eigenvalue weighted by atomic mass is 16.5. The number of nitrogens with one attached hydrogen (secondary N) is 4. The van der Waals surface area contributed by atoms with E-state index < -0.39 is 11.9 Å². The predicted octanol–water partition coefficient (Wildman–Crippen LogP) is 7.71. The lowest BCUT2D eigenvalue weighted by Gasteiger charge is -2.29. The Kier molecular flexibility index (Phi) is 18.5. The van der Waals surface area contributed by atoms with Crippen LogP contribution >= 0.6 is 0 Å². The molecular formula is C50H60N12O6. The van der Waals surface area contributed by atoms with Gasteiger partial charge in [-0.2, -0.15) is 10.2 Å². The summed E-state index contributed by atoms with van der Waals surface area (Å²) >= 11 is 0. The van der Waals surface area contributed by atoms with Crippen molar-refractivity contribution >= 4 is 40.9 Å². The third-order valence-corrected chi connectivity index (χ3v) is 11.5. The number of piperidine rings is 1. The standard InChI is InChI=1S/C28H33N7O2.C22H27N5O4/c1-3-4-5-6-15-37-24-12-7-9-21(16-24)18-31-28(36)22-10-8-11-23(17-22)30-19-26-33-34-27(35(26)2)25-13-14-29-20-32-25;1-3-14(26-23-2)7-4-5-10-19(28)24-17-9-6-8-15-16(17)13-27(22(15)31)18-11-12-20(29)25-21(18)30/h7-14,16-17,20,30H,3-6,15,18-19H2,1-2H3,(H,31,36);3,6,8-9,18H,4-5,7,10-13H2,1-2H3,(H,24,28)(H,25,29,30)/b;14-3-,26-23?. The molecular weight excluding hydrogens is 865 g/mol. The number of amides is 5. The van der Waals surface area contributed by atoms with Gasteiger partial charge in [0.15, 0.2) is 11.6 Å². The molecule has 18 nitrogen and oxygen atoms in total.